The fourth-order valence-electron chi connectivity index (χ4n) is 2.37. The van der Waals surface area contributed by atoms with E-state index >= 15 is 0 Å². The molecule has 4 heteroatoms. The van der Waals surface area contributed by atoms with Crippen LogP contribution in [0.25, 0.3) is 0 Å². The number of likely N-dealkylation sites (tertiary alicyclic amines) is 1. The van der Waals surface area contributed by atoms with Gasteiger partial charge in [-0.15, -0.1) is 0 Å². The fourth-order valence-corrected chi connectivity index (χ4v) is 2.60. The van der Waals surface area contributed by atoms with Crippen LogP contribution in [0.2, 0.25) is 5.02 Å². The quantitative estimate of drug-likeness (QED) is 0.777. The first-order valence-electron chi connectivity index (χ1n) is 6.68. The Labute approximate surface area is 119 Å². The van der Waals surface area contributed by atoms with Crippen LogP contribution in [0.1, 0.15) is 31.2 Å². The maximum atomic E-state index is 10.5. The van der Waals surface area contributed by atoms with Crippen molar-refractivity contribution in [3.8, 4) is 5.75 Å². The van der Waals surface area contributed by atoms with E-state index in [9.17, 15) is 4.79 Å². The van der Waals surface area contributed by atoms with Crippen LogP contribution in [0.3, 0.4) is 0 Å². The number of hydrogen-bond donors (Lipinski definition) is 0. The molecule has 0 aromatic heterocycles. The van der Waals surface area contributed by atoms with Gasteiger partial charge in [-0.05, 0) is 37.1 Å². The van der Waals surface area contributed by atoms with E-state index in [1.165, 1.54) is 0 Å². The molecule has 1 aliphatic rings. The first kappa shape index (κ1) is 14.4. The zero-order valence-corrected chi connectivity index (χ0v) is 12.2. The van der Waals surface area contributed by atoms with Gasteiger partial charge in [0.2, 0.25) is 0 Å². The molecule has 0 radical (unpaired) electrons. The van der Waals surface area contributed by atoms with Crippen LogP contribution in [0.15, 0.2) is 18.2 Å². The van der Waals surface area contributed by atoms with Gasteiger partial charge < -0.3 is 14.4 Å². The first-order valence-corrected chi connectivity index (χ1v) is 7.06. The molecule has 0 bridgehead atoms. The molecule has 1 heterocycles. The topological polar surface area (TPSA) is 29.5 Å². The first-order chi connectivity index (χ1) is 9.10. The molecular weight excluding hydrogens is 262 g/mol. The van der Waals surface area contributed by atoms with Crippen LogP contribution in [-0.4, -0.2) is 37.4 Å². The molecule has 2 rings (SSSR count). The maximum absolute atomic E-state index is 10.5. The number of hydrogen-bond acceptors (Lipinski definition) is 3. The summed E-state index contributed by atoms with van der Waals surface area (Å²) in [5, 5.41) is 0.629. The van der Waals surface area contributed by atoms with Crippen LogP contribution in [0, 0.1) is 0 Å². The average Bonchev–Trinajstić information content (AvgIpc) is 2.78. The summed E-state index contributed by atoms with van der Waals surface area (Å²) in [5.41, 5.74) is 1.08. The van der Waals surface area contributed by atoms with Gasteiger partial charge in [0.05, 0.1) is 5.02 Å². The highest BCUT2D eigenvalue weighted by Gasteiger charge is 2.21. The summed E-state index contributed by atoms with van der Waals surface area (Å²) in [5.74, 6) is 0.936. The third-order valence-corrected chi connectivity index (χ3v) is 3.91. The van der Waals surface area contributed by atoms with E-state index < -0.39 is 0 Å². The average molecular weight is 282 g/mol. The molecule has 0 spiro atoms. The van der Waals surface area contributed by atoms with Crippen molar-refractivity contribution in [3.05, 3.63) is 28.8 Å². The molecule has 2 unspecified atom stereocenters. The molecule has 0 aliphatic carbocycles. The second kappa shape index (κ2) is 6.40. The van der Waals surface area contributed by atoms with Gasteiger partial charge in [0.25, 0.3) is 0 Å². The summed E-state index contributed by atoms with van der Waals surface area (Å²) in [6.07, 6.45) is 2.72. The SMILES string of the molecule is CC(CC=O)c1ccc(OC2CCN(C)C2)c(Cl)c1. The van der Waals surface area contributed by atoms with Crippen molar-refractivity contribution in [2.45, 2.75) is 31.8 Å². The van der Waals surface area contributed by atoms with Crippen LogP contribution in [-0.2, 0) is 4.79 Å². The predicted molar refractivity (Wildman–Crippen MR) is 77.1 cm³/mol. The lowest BCUT2D eigenvalue weighted by molar-refractivity contribution is -0.108. The molecule has 1 aliphatic heterocycles. The third kappa shape index (κ3) is 3.71. The smallest absolute Gasteiger partial charge is 0.138 e. The minimum atomic E-state index is 0.196. The molecular formula is C15H20ClNO2. The fraction of sp³-hybridized carbons (Fsp3) is 0.533. The Kier molecular flexibility index (Phi) is 4.83. The zero-order chi connectivity index (χ0) is 13.8. The van der Waals surface area contributed by atoms with Crippen molar-refractivity contribution in [1.82, 2.24) is 4.90 Å². The van der Waals surface area contributed by atoms with E-state index in [1.54, 1.807) is 0 Å². The van der Waals surface area contributed by atoms with Gasteiger partial charge in [0.1, 0.15) is 18.1 Å². The van der Waals surface area contributed by atoms with Gasteiger partial charge in [-0.1, -0.05) is 24.6 Å². The molecule has 104 valence electrons. The number of carbonyl (C=O) groups excluding carboxylic acids is 1. The molecule has 2 atom stereocenters. The zero-order valence-electron chi connectivity index (χ0n) is 11.4. The van der Waals surface area contributed by atoms with Gasteiger partial charge in [-0.25, -0.2) is 0 Å². The lowest BCUT2D eigenvalue weighted by atomic mass is 9.98. The summed E-state index contributed by atoms with van der Waals surface area (Å²) >= 11 is 6.26. The summed E-state index contributed by atoms with van der Waals surface area (Å²) in [6, 6.07) is 5.81. The molecule has 3 nitrogen and oxygen atoms in total. The summed E-state index contributed by atoms with van der Waals surface area (Å²) < 4.78 is 5.93. The Hall–Kier alpha value is -1.06. The van der Waals surface area contributed by atoms with Crippen LogP contribution < -0.4 is 4.74 Å². The number of likely N-dealkylation sites (N-methyl/N-ethyl adjacent to an activating group) is 1. The summed E-state index contributed by atoms with van der Waals surface area (Å²) in [7, 11) is 2.09. The summed E-state index contributed by atoms with van der Waals surface area (Å²) in [6.45, 7) is 4.03. The Morgan fingerprint density at radius 2 is 2.37 bits per heavy atom. The number of halogens is 1. The number of aldehydes is 1. The normalized spacial score (nSPS) is 21.3. The molecule has 0 amide bonds. The van der Waals surface area contributed by atoms with Crippen molar-refractivity contribution in [3.63, 3.8) is 0 Å². The van der Waals surface area contributed by atoms with Gasteiger partial charge in [0.15, 0.2) is 0 Å². The highest BCUT2D eigenvalue weighted by Crippen LogP contribution is 2.31. The van der Waals surface area contributed by atoms with E-state index in [0.29, 0.717) is 11.4 Å². The molecule has 0 saturated carbocycles. The number of rotatable bonds is 5. The largest absolute Gasteiger partial charge is 0.487 e. The minimum Gasteiger partial charge on any atom is -0.487 e. The summed E-state index contributed by atoms with van der Waals surface area (Å²) in [4.78, 5) is 12.8. The second-order valence-corrected chi connectivity index (χ2v) is 5.69. The minimum absolute atomic E-state index is 0.196. The molecule has 1 fully saturated rings. The van der Waals surface area contributed by atoms with Crippen LogP contribution in [0.4, 0.5) is 0 Å². The molecule has 1 saturated heterocycles. The Morgan fingerprint density at radius 1 is 1.58 bits per heavy atom. The van der Waals surface area contributed by atoms with Gasteiger partial charge >= 0.3 is 0 Å². The van der Waals surface area contributed by atoms with E-state index in [2.05, 4.69) is 11.9 Å². The van der Waals surface area contributed by atoms with E-state index in [1.807, 2.05) is 25.1 Å². The second-order valence-electron chi connectivity index (χ2n) is 5.28. The molecule has 19 heavy (non-hydrogen) atoms. The van der Waals surface area contributed by atoms with E-state index in [0.717, 1.165) is 37.1 Å². The van der Waals surface area contributed by atoms with Gasteiger partial charge in [0, 0.05) is 19.5 Å². The highest BCUT2D eigenvalue weighted by atomic mass is 35.5. The Balaban J connectivity index is 2.04. The van der Waals surface area contributed by atoms with Crippen molar-refractivity contribution in [2.75, 3.05) is 20.1 Å². The number of nitrogens with zero attached hydrogens (tertiary/aromatic N) is 1. The van der Waals surface area contributed by atoms with Crippen LogP contribution >= 0.6 is 11.6 Å². The number of carbonyl (C=O) groups is 1. The highest BCUT2D eigenvalue weighted by molar-refractivity contribution is 6.32. The predicted octanol–water partition coefficient (Wildman–Crippen LogP) is 3.12. The van der Waals surface area contributed by atoms with Crippen molar-refractivity contribution < 1.29 is 9.53 Å². The molecule has 0 N–H and O–H groups in total. The van der Waals surface area contributed by atoms with Crippen molar-refractivity contribution in [1.29, 1.82) is 0 Å². The number of ether oxygens (including phenoxy) is 1. The Bertz CT molecular complexity index is 450. The van der Waals surface area contributed by atoms with E-state index in [-0.39, 0.29) is 12.0 Å². The third-order valence-electron chi connectivity index (χ3n) is 3.62. The molecule has 1 aromatic rings. The maximum Gasteiger partial charge on any atom is 0.138 e. The lowest BCUT2D eigenvalue weighted by Crippen LogP contribution is -2.21. The van der Waals surface area contributed by atoms with E-state index in [4.69, 9.17) is 16.3 Å². The monoisotopic (exact) mass is 281 g/mol. The Morgan fingerprint density at radius 3 is 2.95 bits per heavy atom. The van der Waals surface area contributed by atoms with Crippen LogP contribution in [0.5, 0.6) is 5.75 Å². The lowest BCUT2D eigenvalue weighted by Gasteiger charge is -2.16. The van der Waals surface area contributed by atoms with Crippen molar-refractivity contribution >= 4 is 17.9 Å². The molecule has 1 aromatic carbocycles. The van der Waals surface area contributed by atoms with Gasteiger partial charge in [-0.3, -0.25) is 0 Å². The van der Waals surface area contributed by atoms with Crippen molar-refractivity contribution in [2.24, 2.45) is 0 Å². The number of benzene rings is 1. The standard InChI is InChI=1S/C15H20ClNO2/c1-11(6-8-18)12-3-4-15(14(16)9-12)19-13-5-7-17(2)10-13/h3-4,8-9,11,13H,5-7,10H2,1-2H3. The van der Waals surface area contributed by atoms with Gasteiger partial charge in [-0.2, -0.15) is 0 Å².